The molecular weight excluding hydrogens is 256 g/mol. The Hall–Kier alpha value is -0.440. The topological polar surface area (TPSA) is 93.1 Å². The molecule has 2 N–H and O–H groups in total. The average Bonchev–Trinajstić information content (AvgIpc) is 2.25. The summed E-state index contributed by atoms with van der Waals surface area (Å²) in [6.45, 7) is -0.237. The standard InChI is InChI=1S/C8H14O6S2/c9-3-1-2-8(12,13-6(10)4-15)14-7(11)5-16/h9,12,15-16H,1-5H2. The molecule has 0 aromatic rings. The minimum Gasteiger partial charge on any atom is -0.397 e. The van der Waals surface area contributed by atoms with Crippen LogP contribution in [0.5, 0.6) is 0 Å². The number of carbonyl (C=O) groups excluding carboxylic acids is 2. The third-order valence-corrected chi connectivity index (χ3v) is 1.97. The maximum absolute atomic E-state index is 10.9. The van der Waals surface area contributed by atoms with Crippen LogP contribution in [0.3, 0.4) is 0 Å². The second-order valence-electron chi connectivity index (χ2n) is 2.80. The summed E-state index contributed by atoms with van der Waals surface area (Å²) in [5.74, 6) is -4.56. The number of hydrogen-bond donors (Lipinski definition) is 4. The summed E-state index contributed by atoms with van der Waals surface area (Å²) in [6, 6.07) is 0. The van der Waals surface area contributed by atoms with Crippen molar-refractivity contribution in [1.29, 1.82) is 0 Å². The molecule has 0 bridgehead atoms. The zero-order chi connectivity index (χ0) is 12.6. The van der Waals surface area contributed by atoms with E-state index in [4.69, 9.17) is 5.11 Å². The molecule has 0 rings (SSSR count). The second-order valence-corrected chi connectivity index (χ2v) is 3.44. The van der Waals surface area contributed by atoms with Crippen molar-refractivity contribution in [2.45, 2.75) is 18.8 Å². The van der Waals surface area contributed by atoms with Gasteiger partial charge in [0.1, 0.15) is 0 Å². The number of aliphatic hydroxyl groups excluding tert-OH is 1. The van der Waals surface area contributed by atoms with Gasteiger partial charge in [0, 0.05) is 6.61 Å². The molecule has 0 saturated heterocycles. The molecule has 16 heavy (non-hydrogen) atoms. The lowest BCUT2D eigenvalue weighted by atomic mass is 10.3. The first-order chi connectivity index (χ1) is 7.47. The zero-order valence-corrected chi connectivity index (χ0v) is 10.2. The van der Waals surface area contributed by atoms with Crippen LogP contribution in [0.2, 0.25) is 0 Å². The molecule has 0 aliphatic carbocycles. The zero-order valence-electron chi connectivity index (χ0n) is 8.46. The normalized spacial score (nSPS) is 11.0. The molecule has 0 saturated carbocycles. The quantitative estimate of drug-likeness (QED) is 0.279. The van der Waals surface area contributed by atoms with Crippen molar-refractivity contribution in [1.82, 2.24) is 0 Å². The van der Waals surface area contributed by atoms with Gasteiger partial charge in [0.2, 0.25) is 0 Å². The summed E-state index contributed by atoms with van der Waals surface area (Å²) in [5.41, 5.74) is 0. The first-order valence-corrected chi connectivity index (χ1v) is 5.72. The maximum Gasteiger partial charge on any atom is 0.373 e. The summed E-state index contributed by atoms with van der Waals surface area (Å²) in [6.07, 6.45) is -0.112. The molecule has 0 heterocycles. The van der Waals surface area contributed by atoms with Gasteiger partial charge in [-0.2, -0.15) is 25.3 Å². The van der Waals surface area contributed by atoms with E-state index >= 15 is 0 Å². The van der Waals surface area contributed by atoms with E-state index in [1.165, 1.54) is 0 Å². The van der Waals surface area contributed by atoms with Gasteiger partial charge in [0.25, 0.3) is 0 Å². The number of hydrogen-bond acceptors (Lipinski definition) is 8. The Bertz CT molecular complexity index is 227. The largest absolute Gasteiger partial charge is 0.397 e. The summed E-state index contributed by atoms with van der Waals surface area (Å²) in [5, 5.41) is 18.3. The number of ether oxygens (including phenoxy) is 2. The minimum absolute atomic E-state index is 0.107. The summed E-state index contributed by atoms with van der Waals surface area (Å²) in [7, 11) is 0. The van der Waals surface area contributed by atoms with Gasteiger partial charge in [-0.05, 0) is 6.42 Å². The van der Waals surface area contributed by atoms with Gasteiger partial charge < -0.3 is 19.7 Å². The fourth-order valence-electron chi connectivity index (χ4n) is 0.846. The van der Waals surface area contributed by atoms with E-state index in [-0.39, 0.29) is 31.0 Å². The third kappa shape index (κ3) is 6.21. The summed E-state index contributed by atoms with van der Waals surface area (Å²) >= 11 is 7.28. The van der Waals surface area contributed by atoms with Crippen molar-refractivity contribution in [2.75, 3.05) is 18.1 Å². The molecule has 6 nitrogen and oxygen atoms in total. The first kappa shape index (κ1) is 15.6. The van der Waals surface area contributed by atoms with Crippen LogP contribution in [0.4, 0.5) is 0 Å². The fraction of sp³-hybridized carbons (Fsp3) is 0.750. The third-order valence-electron chi connectivity index (χ3n) is 1.46. The Morgan fingerprint density at radius 1 is 1.12 bits per heavy atom. The molecule has 94 valence electrons. The Kier molecular flexibility index (Phi) is 7.56. The molecule has 0 aliphatic heterocycles. The van der Waals surface area contributed by atoms with Crippen molar-refractivity contribution in [3.05, 3.63) is 0 Å². The lowest BCUT2D eigenvalue weighted by molar-refractivity contribution is -0.326. The lowest BCUT2D eigenvalue weighted by Crippen LogP contribution is -2.41. The van der Waals surface area contributed by atoms with Gasteiger partial charge in [0.15, 0.2) is 0 Å². The Balaban J connectivity index is 4.46. The smallest absolute Gasteiger partial charge is 0.373 e. The SMILES string of the molecule is O=C(CS)OC(O)(CCCO)OC(=O)CS. The van der Waals surface area contributed by atoms with Crippen molar-refractivity contribution in [2.24, 2.45) is 0 Å². The average molecular weight is 270 g/mol. The van der Waals surface area contributed by atoms with Gasteiger partial charge in [-0.3, -0.25) is 9.59 Å². The number of esters is 2. The van der Waals surface area contributed by atoms with Crippen molar-refractivity contribution >= 4 is 37.2 Å². The van der Waals surface area contributed by atoms with Crippen LogP contribution in [0.15, 0.2) is 0 Å². The van der Waals surface area contributed by atoms with Crippen LogP contribution in [-0.4, -0.2) is 46.2 Å². The van der Waals surface area contributed by atoms with E-state index < -0.39 is 17.9 Å². The Morgan fingerprint density at radius 2 is 1.56 bits per heavy atom. The summed E-state index contributed by atoms with van der Waals surface area (Å²) in [4.78, 5) is 21.9. The summed E-state index contributed by atoms with van der Waals surface area (Å²) < 4.78 is 9.03. The Morgan fingerprint density at radius 3 is 1.88 bits per heavy atom. The molecule has 8 heteroatoms. The van der Waals surface area contributed by atoms with Crippen molar-refractivity contribution < 1.29 is 29.3 Å². The molecule has 0 atom stereocenters. The predicted octanol–water partition coefficient (Wildman–Crippen LogP) is -0.649. The van der Waals surface area contributed by atoms with Crippen LogP contribution in [0, 0.1) is 0 Å². The number of thiol groups is 2. The van der Waals surface area contributed by atoms with E-state index in [1.54, 1.807) is 0 Å². The van der Waals surface area contributed by atoms with Crippen molar-refractivity contribution in [3.63, 3.8) is 0 Å². The molecule has 0 spiro atoms. The molecule has 0 aromatic heterocycles. The van der Waals surface area contributed by atoms with Crippen molar-refractivity contribution in [3.8, 4) is 0 Å². The first-order valence-electron chi connectivity index (χ1n) is 4.46. The van der Waals surface area contributed by atoms with Gasteiger partial charge >= 0.3 is 17.9 Å². The van der Waals surface area contributed by atoms with Crippen LogP contribution in [0.25, 0.3) is 0 Å². The lowest BCUT2D eigenvalue weighted by Gasteiger charge is -2.26. The molecular formula is C8H14O6S2. The van der Waals surface area contributed by atoms with E-state index in [0.717, 1.165) is 0 Å². The maximum atomic E-state index is 10.9. The predicted molar refractivity (Wildman–Crippen MR) is 61.2 cm³/mol. The molecule has 0 radical (unpaired) electrons. The van der Waals surface area contributed by atoms with Crippen LogP contribution < -0.4 is 0 Å². The number of aliphatic hydroxyl groups is 2. The highest BCUT2D eigenvalue weighted by Gasteiger charge is 2.35. The second kappa shape index (κ2) is 7.77. The molecule has 0 aromatic carbocycles. The Labute approximate surface area is 104 Å². The van der Waals surface area contributed by atoms with E-state index in [9.17, 15) is 14.7 Å². The fourth-order valence-corrected chi connectivity index (χ4v) is 0.975. The van der Waals surface area contributed by atoms with Gasteiger partial charge in [-0.15, -0.1) is 0 Å². The van der Waals surface area contributed by atoms with Gasteiger partial charge in [-0.25, -0.2) is 0 Å². The number of rotatable bonds is 7. The van der Waals surface area contributed by atoms with Gasteiger partial charge in [-0.1, -0.05) is 0 Å². The highest BCUT2D eigenvalue weighted by atomic mass is 32.1. The van der Waals surface area contributed by atoms with E-state index in [0.29, 0.717) is 0 Å². The highest BCUT2D eigenvalue weighted by Crippen LogP contribution is 2.17. The van der Waals surface area contributed by atoms with E-state index in [2.05, 4.69) is 34.7 Å². The van der Waals surface area contributed by atoms with Gasteiger partial charge in [0.05, 0.1) is 17.9 Å². The monoisotopic (exact) mass is 270 g/mol. The molecule has 0 unspecified atom stereocenters. The van der Waals surface area contributed by atoms with Crippen LogP contribution in [0.1, 0.15) is 12.8 Å². The highest BCUT2D eigenvalue weighted by molar-refractivity contribution is 7.81. The van der Waals surface area contributed by atoms with Crippen LogP contribution in [-0.2, 0) is 19.1 Å². The molecule has 0 aliphatic rings. The number of carbonyl (C=O) groups is 2. The van der Waals surface area contributed by atoms with Crippen LogP contribution >= 0.6 is 25.3 Å². The molecule has 0 fully saturated rings. The minimum atomic E-state index is -2.36. The molecule has 0 amide bonds. The van der Waals surface area contributed by atoms with E-state index in [1.807, 2.05) is 0 Å².